The van der Waals surface area contributed by atoms with Crippen LogP contribution in [0.2, 0.25) is 0 Å². The lowest BCUT2D eigenvalue weighted by molar-refractivity contribution is -0.164. The van der Waals surface area contributed by atoms with Crippen LogP contribution in [-0.2, 0) is 33.4 Å². The first-order valence-corrected chi connectivity index (χ1v) is 18.2. The summed E-state index contributed by atoms with van der Waals surface area (Å²) in [5.74, 6) is -3.61. The van der Waals surface area contributed by atoms with Gasteiger partial charge in [0.25, 0.3) is 0 Å². The van der Waals surface area contributed by atoms with Crippen molar-refractivity contribution in [2.75, 3.05) is 26.9 Å². The summed E-state index contributed by atoms with van der Waals surface area (Å²) in [6.07, 6.45) is 5.66. The summed E-state index contributed by atoms with van der Waals surface area (Å²) < 4.78 is 18.5. The Bertz CT molecular complexity index is 1360. The third-order valence-electron chi connectivity index (χ3n) is 10.9. The highest BCUT2D eigenvalue weighted by Crippen LogP contribution is 2.59. The van der Waals surface area contributed by atoms with Crippen molar-refractivity contribution in [3.63, 3.8) is 0 Å². The first-order valence-electron chi connectivity index (χ1n) is 18.2. The van der Waals surface area contributed by atoms with Gasteiger partial charge in [0.1, 0.15) is 17.7 Å². The molecule has 3 fully saturated rings. The number of ether oxygens (including phenoxy) is 3. The monoisotopic (exact) mass is 695 g/mol. The lowest BCUT2D eigenvalue weighted by Crippen LogP contribution is -2.60. The predicted octanol–water partition coefficient (Wildman–Crippen LogP) is 4.35. The molecule has 3 aliphatic rings. The van der Waals surface area contributed by atoms with E-state index < -0.39 is 53.7 Å². The van der Waals surface area contributed by atoms with Crippen LogP contribution in [0.3, 0.4) is 0 Å². The molecule has 10 atom stereocenters. The largest absolute Gasteiger partial charge is 0.455 e. The number of methoxy groups -OCH3 is 1. The average Bonchev–Trinajstić information content (AvgIpc) is 3.76. The predicted molar refractivity (Wildman–Crippen MR) is 190 cm³/mol. The first kappa shape index (κ1) is 39.2. The van der Waals surface area contributed by atoms with Crippen molar-refractivity contribution >= 4 is 23.7 Å². The van der Waals surface area contributed by atoms with Crippen LogP contribution in [0.1, 0.15) is 84.3 Å². The number of aliphatic hydroxyl groups excluding tert-OH is 1. The fourth-order valence-corrected chi connectivity index (χ4v) is 8.29. The first-order chi connectivity index (χ1) is 24.0. The van der Waals surface area contributed by atoms with E-state index in [0.29, 0.717) is 37.8 Å². The zero-order valence-electron chi connectivity index (χ0n) is 30.4. The maximum atomic E-state index is 14.8. The number of carbonyl (C=O) groups excluding carboxylic acids is 4. The van der Waals surface area contributed by atoms with Crippen molar-refractivity contribution in [2.24, 2.45) is 17.8 Å². The van der Waals surface area contributed by atoms with E-state index in [2.05, 4.69) is 25.4 Å². The molecule has 0 radical (unpaired) electrons. The normalized spacial score (nSPS) is 26.8. The van der Waals surface area contributed by atoms with Crippen LogP contribution in [0.15, 0.2) is 55.6 Å². The standard InChI is InChI=1S/C39H57N3O8/c1-8-12-19-31(44)40-28(24-48-7)34(27-17-14-13-15-18-27)49-38(47)32-30-20-21-39(50-30)33(32)36(45)42(29(23-43)25(5)11-4)35(39)37(46)41(22-10-3)26(6)16-9-2/h8,10,13-15,17-18,25-26,28-30,32-35,43H,1,3,9,11-12,16,19-24H2,2,4-7H3,(H,40,44)/t25-,26?,28-,29-,30+,32-,33-,34-,35+,39-/m0/s1. The van der Waals surface area contributed by atoms with Crippen molar-refractivity contribution in [1.29, 1.82) is 0 Å². The lowest BCUT2D eigenvalue weighted by Gasteiger charge is -2.42. The van der Waals surface area contributed by atoms with Crippen molar-refractivity contribution in [3.8, 4) is 0 Å². The van der Waals surface area contributed by atoms with Gasteiger partial charge in [0.2, 0.25) is 17.7 Å². The van der Waals surface area contributed by atoms with E-state index in [4.69, 9.17) is 14.2 Å². The van der Waals surface area contributed by atoms with Gasteiger partial charge in [0, 0.05) is 26.1 Å². The van der Waals surface area contributed by atoms with Crippen LogP contribution < -0.4 is 5.32 Å². The molecule has 4 rings (SSSR count). The molecule has 11 nitrogen and oxygen atoms in total. The number of hydrogen-bond donors (Lipinski definition) is 2. The third-order valence-corrected chi connectivity index (χ3v) is 10.9. The summed E-state index contributed by atoms with van der Waals surface area (Å²) in [5, 5.41) is 13.7. The second-order valence-corrected chi connectivity index (χ2v) is 14.1. The summed E-state index contributed by atoms with van der Waals surface area (Å²) in [7, 11) is 1.51. The number of benzene rings is 1. The van der Waals surface area contributed by atoms with Crippen LogP contribution in [0.5, 0.6) is 0 Å². The topological polar surface area (TPSA) is 135 Å². The van der Waals surface area contributed by atoms with Gasteiger partial charge in [-0.05, 0) is 44.1 Å². The molecule has 3 amide bonds. The zero-order valence-corrected chi connectivity index (χ0v) is 30.4. The molecule has 1 unspecified atom stereocenters. The minimum absolute atomic E-state index is 0.0656. The van der Waals surface area contributed by atoms with Crippen molar-refractivity contribution < 1.29 is 38.5 Å². The van der Waals surface area contributed by atoms with Crippen LogP contribution in [0.25, 0.3) is 0 Å². The molecule has 50 heavy (non-hydrogen) atoms. The van der Waals surface area contributed by atoms with Gasteiger partial charge in [-0.1, -0.05) is 76.1 Å². The van der Waals surface area contributed by atoms with Crippen molar-refractivity contribution in [2.45, 2.75) is 115 Å². The minimum Gasteiger partial charge on any atom is -0.455 e. The number of fused-ring (bicyclic) bond motifs is 1. The Balaban J connectivity index is 1.75. The van der Waals surface area contributed by atoms with Gasteiger partial charge in [-0.15, -0.1) is 13.2 Å². The average molecular weight is 696 g/mol. The minimum atomic E-state index is -1.26. The SMILES string of the molecule is C=CCCC(=O)N[C@@H](COC)[C@@H](OC(=O)[C@@H]1[C@H]2C(=O)N([C@@H](CO)[C@@H](C)CC)[C@H](C(=O)N(CC=C)C(C)CCC)[C@]23CC[C@H]1O3)c1ccccc1. The van der Waals surface area contributed by atoms with E-state index >= 15 is 0 Å². The maximum Gasteiger partial charge on any atom is 0.313 e. The zero-order chi connectivity index (χ0) is 36.6. The molecule has 11 heteroatoms. The fourth-order valence-electron chi connectivity index (χ4n) is 8.29. The number of nitrogens with one attached hydrogen (secondary N) is 1. The number of nitrogens with zero attached hydrogens (tertiary/aromatic N) is 2. The number of carbonyl (C=O) groups is 4. The van der Waals surface area contributed by atoms with Crippen LogP contribution in [0.4, 0.5) is 0 Å². The molecule has 1 aromatic rings. The quantitative estimate of drug-likeness (QED) is 0.152. The molecule has 3 aliphatic heterocycles. The number of amides is 3. The third kappa shape index (κ3) is 7.70. The van der Waals surface area contributed by atoms with Gasteiger partial charge in [0.15, 0.2) is 0 Å². The molecule has 3 heterocycles. The number of rotatable bonds is 20. The number of hydrogen-bond acceptors (Lipinski definition) is 8. The van der Waals surface area contributed by atoms with Gasteiger partial charge >= 0.3 is 5.97 Å². The van der Waals surface area contributed by atoms with E-state index in [-0.39, 0.29) is 49.3 Å². The maximum absolute atomic E-state index is 14.8. The molecular formula is C39H57N3O8. The molecule has 2 bridgehead atoms. The Morgan fingerprint density at radius 2 is 1.90 bits per heavy atom. The van der Waals surface area contributed by atoms with Gasteiger partial charge < -0.3 is 34.4 Å². The fraction of sp³-hybridized carbons (Fsp3) is 0.641. The van der Waals surface area contributed by atoms with Crippen LogP contribution >= 0.6 is 0 Å². The molecule has 276 valence electrons. The lowest BCUT2D eigenvalue weighted by atomic mass is 9.70. The number of aliphatic hydroxyl groups is 1. The van der Waals surface area contributed by atoms with E-state index in [0.717, 1.165) is 12.8 Å². The Hall–Kier alpha value is -3.54. The highest BCUT2D eigenvalue weighted by atomic mass is 16.6. The van der Waals surface area contributed by atoms with Crippen molar-refractivity contribution in [1.82, 2.24) is 15.1 Å². The van der Waals surface area contributed by atoms with E-state index in [1.807, 2.05) is 51.1 Å². The summed E-state index contributed by atoms with van der Waals surface area (Å²) in [6.45, 7) is 15.6. The summed E-state index contributed by atoms with van der Waals surface area (Å²) in [4.78, 5) is 60.3. The smallest absolute Gasteiger partial charge is 0.313 e. The van der Waals surface area contributed by atoms with Gasteiger partial charge in [-0.25, -0.2) is 0 Å². The summed E-state index contributed by atoms with van der Waals surface area (Å²) in [5.41, 5.74) is -0.609. The molecule has 1 aromatic carbocycles. The molecular weight excluding hydrogens is 638 g/mol. The van der Waals surface area contributed by atoms with Crippen LogP contribution in [-0.4, -0.2) is 101 Å². The van der Waals surface area contributed by atoms with E-state index in [1.54, 1.807) is 22.0 Å². The second kappa shape index (κ2) is 17.6. The number of likely N-dealkylation sites (tertiary alicyclic amines) is 1. The Morgan fingerprint density at radius 3 is 2.50 bits per heavy atom. The van der Waals surface area contributed by atoms with Gasteiger partial charge in [0.05, 0.1) is 43.2 Å². The Morgan fingerprint density at radius 1 is 1.18 bits per heavy atom. The number of allylic oxidation sites excluding steroid dienone is 1. The molecule has 0 aliphatic carbocycles. The summed E-state index contributed by atoms with van der Waals surface area (Å²) >= 11 is 0. The molecule has 3 saturated heterocycles. The van der Waals surface area contributed by atoms with Crippen LogP contribution in [0, 0.1) is 17.8 Å². The Kier molecular flexibility index (Phi) is 13.8. The molecule has 2 N–H and O–H groups in total. The van der Waals surface area contributed by atoms with Gasteiger partial charge in [-0.2, -0.15) is 0 Å². The Labute approximate surface area is 297 Å². The number of esters is 1. The van der Waals surface area contributed by atoms with E-state index in [9.17, 15) is 24.3 Å². The highest BCUT2D eigenvalue weighted by Gasteiger charge is 2.76. The molecule has 1 spiro atoms. The molecule has 0 saturated carbocycles. The van der Waals surface area contributed by atoms with Gasteiger partial charge in [-0.3, -0.25) is 19.2 Å². The highest BCUT2D eigenvalue weighted by molar-refractivity contribution is 5.98. The summed E-state index contributed by atoms with van der Waals surface area (Å²) in [6, 6.07) is 6.60. The van der Waals surface area contributed by atoms with E-state index in [1.165, 1.54) is 7.11 Å². The second-order valence-electron chi connectivity index (χ2n) is 14.1. The van der Waals surface area contributed by atoms with Crippen molar-refractivity contribution in [3.05, 3.63) is 61.2 Å². The molecule has 0 aromatic heterocycles.